The summed E-state index contributed by atoms with van der Waals surface area (Å²) in [4.78, 5) is 12.2. The minimum Gasteiger partial charge on any atom is -0.490 e. The Morgan fingerprint density at radius 1 is 1.29 bits per heavy atom. The van der Waals surface area contributed by atoms with Gasteiger partial charge in [-0.3, -0.25) is 4.79 Å². The predicted octanol–water partition coefficient (Wildman–Crippen LogP) is 2.90. The summed E-state index contributed by atoms with van der Waals surface area (Å²) in [6.45, 7) is 7.89. The maximum absolute atomic E-state index is 12.2. The highest BCUT2D eigenvalue weighted by molar-refractivity contribution is 9.10. The average Bonchev–Trinajstić information content (AvgIpc) is 3.05. The summed E-state index contributed by atoms with van der Waals surface area (Å²) in [5.41, 5.74) is 0.905. The number of halogens is 1. The first-order valence-corrected chi connectivity index (χ1v) is 9.48. The van der Waals surface area contributed by atoms with E-state index in [-0.39, 0.29) is 5.91 Å². The molecule has 5 nitrogen and oxygen atoms in total. The number of hydrogen-bond acceptors (Lipinski definition) is 4. The first-order chi connectivity index (χ1) is 11.6. The van der Waals surface area contributed by atoms with Gasteiger partial charge in [-0.05, 0) is 63.4 Å². The predicted molar refractivity (Wildman–Crippen MR) is 98.8 cm³/mol. The second kappa shape index (κ2) is 9.89. The Balaban J connectivity index is 1.91. The second-order valence-corrected chi connectivity index (χ2v) is 6.78. The molecule has 24 heavy (non-hydrogen) atoms. The molecule has 1 amide bonds. The lowest BCUT2D eigenvalue weighted by molar-refractivity contribution is -0.120. The molecule has 1 aromatic rings. The van der Waals surface area contributed by atoms with Crippen LogP contribution in [-0.2, 0) is 11.2 Å². The minimum atomic E-state index is 0.0354. The molecule has 0 spiro atoms. The monoisotopic (exact) mass is 398 g/mol. The summed E-state index contributed by atoms with van der Waals surface area (Å²) in [7, 11) is 0. The van der Waals surface area contributed by atoms with Crippen LogP contribution in [0.4, 0.5) is 0 Å². The molecular formula is C18H27BrN2O3. The molecule has 1 aliphatic heterocycles. The summed E-state index contributed by atoms with van der Waals surface area (Å²) in [5.74, 6) is 2.10. The van der Waals surface area contributed by atoms with Crippen molar-refractivity contribution in [2.45, 2.75) is 33.1 Å². The van der Waals surface area contributed by atoms with Gasteiger partial charge in [0.05, 0.1) is 19.6 Å². The number of amides is 1. The lowest BCUT2D eigenvalue weighted by Gasteiger charge is -2.14. The van der Waals surface area contributed by atoms with E-state index in [0.29, 0.717) is 37.1 Å². The van der Waals surface area contributed by atoms with Crippen molar-refractivity contribution < 1.29 is 14.3 Å². The number of carbonyl (C=O) groups is 1. The van der Waals surface area contributed by atoms with Gasteiger partial charge in [-0.2, -0.15) is 0 Å². The lowest BCUT2D eigenvalue weighted by atomic mass is 10.1. The van der Waals surface area contributed by atoms with Crippen LogP contribution in [0.25, 0.3) is 0 Å². The average molecular weight is 399 g/mol. The van der Waals surface area contributed by atoms with Gasteiger partial charge in [-0.25, -0.2) is 0 Å². The van der Waals surface area contributed by atoms with Crippen LogP contribution in [0.15, 0.2) is 16.6 Å². The normalized spacial score (nSPS) is 16.9. The Morgan fingerprint density at radius 3 is 2.62 bits per heavy atom. The molecule has 2 rings (SSSR count). The topological polar surface area (TPSA) is 59.6 Å². The van der Waals surface area contributed by atoms with Gasteiger partial charge >= 0.3 is 0 Å². The molecule has 1 unspecified atom stereocenters. The lowest BCUT2D eigenvalue weighted by Crippen LogP contribution is -2.28. The number of benzene rings is 1. The minimum absolute atomic E-state index is 0.0354. The van der Waals surface area contributed by atoms with E-state index in [0.717, 1.165) is 36.1 Å². The molecule has 1 aliphatic rings. The third-order valence-electron chi connectivity index (χ3n) is 4.10. The van der Waals surface area contributed by atoms with Crippen LogP contribution in [0.1, 0.15) is 32.3 Å². The Labute approximate surface area is 152 Å². The molecule has 1 saturated heterocycles. The van der Waals surface area contributed by atoms with Crippen LogP contribution in [0, 0.1) is 5.92 Å². The van der Waals surface area contributed by atoms with Crippen LogP contribution in [0.3, 0.4) is 0 Å². The van der Waals surface area contributed by atoms with Crippen molar-refractivity contribution in [3.8, 4) is 11.5 Å². The van der Waals surface area contributed by atoms with Gasteiger partial charge in [0.15, 0.2) is 11.5 Å². The SMILES string of the molecule is CCOc1cc(Br)c(CC(=O)NCCC2CCNC2)cc1OCC. The number of rotatable bonds is 9. The van der Waals surface area contributed by atoms with Gasteiger partial charge in [-0.15, -0.1) is 0 Å². The fraction of sp³-hybridized carbons (Fsp3) is 0.611. The Morgan fingerprint density at radius 2 is 2.00 bits per heavy atom. The molecule has 1 fully saturated rings. The summed E-state index contributed by atoms with van der Waals surface area (Å²) < 4.78 is 12.1. The molecule has 1 atom stereocenters. The molecule has 0 bridgehead atoms. The van der Waals surface area contributed by atoms with Gasteiger partial charge in [0, 0.05) is 11.0 Å². The van der Waals surface area contributed by atoms with Crippen molar-refractivity contribution in [3.05, 3.63) is 22.2 Å². The molecule has 1 heterocycles. The first-order valence-electron chi connectivity index (χ1n) is 8.69. The maximum Gasteiger partial charge on any atom is 0.224 e. The Hall–Kier alpha value is -1.27. The molecule has 6 heteroatoms. The smallest absolute Gasteiger partial charge is 0.224 e. The van der Waals surface area contributed by atoms with E-state index in [1.807, 2.05) is 26.0 Å². The highest BCUT2D eigenvalue weighted by Crippen LogP contribution is 2.34. The van der Waals surface area contributed by atoms with Crippen molar-refractivity contribution in [3.63, 3.8) is 0 Å². The number of hydrogen-bond donors (Lipinski definition) is 2. The highest BCUT2D eigenvalue weighted by atomic mass is 79.9. The highest BCUT2D eigenvalue weighted by Gasteiger charge is 2.16. The third-order valence-corrected chi connectivity index (χ3v) is 4.84. The van der Waals surface area contributed by atoms with E-state index >= 15 is 0 Å². The van der Waals surface area contributed by atoms with Crippen LogP contribution in [-0.4, -0.2) is 38.8 Å². The Bertz CT molecular complexity index is 545. The molecule has 1 aromatic carbocycles. The van der Waals surface area contributed by atoms with Crippen LogP contribution >= 0.6 is 15.9 Å². The molecule has 134 valence electrons. The van der Waals surface area contributed by atoms with Crippen LogP contribution in [0.2, 0.25) is 0 Å². The zero-order valence-electron chi connectivity index (χ0n) is 14.5. The van der Waals surface area contributed by atoms with Gasteiger partial charge in [0.25, 0.3) is 0 Å². The van der Waals surface area contributed by atoms with E-state index in [9.17, 15) is 4.79 Å². The fourth-order valence-electron chi connectivity index (χ4n) is 2.86. The van der Waals surface area contributed by atoms with Crippen molar-refractivity contribution in [1.29, 1.82) is 0 Å². The number of carbonyl (C=O) groups excluding carboxylic acids is 1. The largest absolute Gasteiger partial charge is 0.490 e. The van der Waals surface area contributed by atoms with Gasteiger partial charge in [0.2, 0.25) is 5.91 Å². The standard InChI is InChI=1S/C18H27BrN2O3/c1-3-23-16-9-14(15(19)11-17(16)24-4-2)10-18(22)21-8-6-13-5-7-20-12-13/h9,11,13,20H,3-8,10,12H2,1-2H3,(H,21,22). The van der Waals surface area contributed by atoms with Gasteiger partial charge < -0.3 is 20.1 Å². The third kappa shape index (κ3) is 5.67. The van der Waals surface area contributed by atoms with E-state index in [1.165, 1.54) is 6.42 Å². The molecule has 0 aromatic heterocycles. The van der Waals surface area contributed by atoms with Crippen molar-refractivity contribution >= 4 is 21.8 Å². The zero-order valence-corrected chi connectivity index (χ0v) is 16.1. The summed E-state index contributed by atoms with van der Waals surface area (Å²) in [6.07, 6.45) is 2.57. The van der Waals surface area contributed by atoms with Crippen molar-refractivity contribution in [2.75, 3.05) is 32.8 Å². The van der Waals surface area contributed by atoms with E-state index in [2.05, 4.69) is 26.6 Å². The zero-order chi connectivity index (χ0) is 17.4. The van der Waals surface area contributed by atoms with Gasteiger partial charge in [-0.1, -0.05) is 15.9 Å². The number of ether oxygens (including phenoxy) is 2. The van der Waals surface area contributed by atoms with Gasteiger partial charge in [0.1, 0.15) is 0 Å². The van der Waals surface area contributed by atoms with Crippen molar-refractivity contribution in [2.24, 2.45) is 5.92 Å². The molecule has 0 aliphatic carbocycles. The molecular weight excluding hydrogens is 372 g/mol. The Kier molecular flexibility index (Phi) is 7.85. The fourth-order valence-corrected chi connectivity index (χ4v) is 3.32. The molecule has 0 saturated carbocycles. The van der Waals surface area contributed by atoms with E-state index in [4.69, 9.17) is 9.47 Å². The second-order valence-electron chi connectivity index (χ2n) is 5.93. The molecule has 2 N–H and O–H groups in total. The van der Waals surface area contributed by atoms with E-state index < -0.39 is 0 Å². The van der Waals surface area contributed by atoms with E-state index in [1.54, 1.807) is 0 Å². The number of nitrogens with one attached hydrogen (secondary N) is 2. The maximum atomic E-state index is 12.2. The summed E-state index contributed by atoms with van der Waals surface area (Å²) in [5, 5.41) is 6.36. The van der Waals surface area contributed by atoms with Crippen LogP contribution in [0.5, 0.6) is 11.5 Å². The summed E-state index contributed by atoms with van der Waals surface area (Å²) in [6, 6.07) is 3.76. The quantitative estimate of drug-likeness (QED) is 0.671. The molecule has 0 radical (unpaired) electrons. The first kappa shape index (κ1) is 19.1. The van der Waals surface area contributed by atoms with Crippen LogP contribution < -0.4 is 20.1 Å². The summed E-state index contributed by atoms with van der Waals surface area (Å²) >= 11 is 3.53. The van der Waals surface area contributed by atoms with Crippen molar-refractivity contribution in [1.82, 2.24) is 10.6 Å².